The molecule has 0 unspecified atom stereocenters. The highest BCUT2D eigenvalue weighted by molar-refractivity contribution is 6.15. The van der Waals surface area contributed by atoms with E-state index in [4.69, 9.17) is 9.47 Å². The fourth-order valence-electron chi connectivity index (χ4n) is 2.66. The Hall–Kier alpha value is -2.36. The van der Waals surface area contributed by atoms with Gasteiger partial charge < -0.3 is 9.47 Å². The molecule has 2 aromatic rings. The summed E-state index contributed by atoms with van der Waals surface area (Å²) in [5.74, 6) is -0.657. The second-order valence-corrected chi connectivity index (χ2v) is 4.45. The predicted molar refractivity (Wildman–Crippen MR) is 62.2 cm³/mol. The van der Waals surface area contributed by atoms with Gasteiger partial charge in [-0.1, -0.05) is 12.1 Å². The van der Waals surface area contributed by atoms with Crippen LogP contribution in [0.3, 0.4) is 0 Å². The van der Waals surface area contributed by atoms with Crippen molar-refractivity contribution in [2.45, 2.75) is 13.2 Å². The van der Waals surface area contributed by atoms with Crippen molar-refractivity contribution in [3.05, 3.63) is 46.5 Å². The standard InChI is InChI=1S/C14H8O4/c15-13-9-3-1-7-5-17-14(16)10-4-2-8(6-18-13)12(9)11(7)10/h1-4H,5-6H2. The van der Waals surface area contributed by atoms with Gasteiger partial charge in [-0.2, -0.15) is 0 Å². The lowest BCUT2D eigenvalue weighted by atomic mass is 9.90. The Kier molecular flexibility index (Phi) is 1.66. The third-order valence-electron chi connectivity index (χ3n) is 3.49. The molecule has 0 bridgehead atoms. The minimum absolute atomic E-state index is 0.265. The molecule has 2 aliphatic heterocycles. The van der Waals surface area contributed by atoms with Gasteiger partial charge in [-0.25, -0.2) is 9.59 Å². The van der Waals surface area contributed by atoms with Crippen LogP contribution >= 0.6 is 0 Å². The van der Waals surface area contributed by atoms with Gasteiger partial charge in [0.25, 0.3) is 0 Å². The van der Waals surface area contributed by atoms with Crippen LogP contribution < -0.4 is 0 Å². The molecule has 4 heteroatoms. The molecule has 0 aliphatic carbocycles. The number of hydrogen-bond donors (Lipinski definition) is 0. The van der Waals surface area contributed by atoms with Gasteiger partial charge in [0, 0.05) is 10.8 Å². The Bertz CT molecular complexity index is 667. The minimum Gasteiger partial charge on any atom is -0.457 e. The Balaban J connectivity index is 2.24. The summed E-state index contributed by atoms with van der Waals surface area (Å²) in [6, 6.07) is 7.13. The lowest BCUT2D eigenvalue weighted by molar-refractivity contribution is 0.0444. The Labute approximate surface area is 102 Å². The molecule has 88 valence electrons. The second-order valence-electron chi connectivity index (χ2n) is 4.45. The predicted octanol–water partition coefficient (Wildman–Crippen LogP) is 2.18. The van der Waals surface area contributed by atoms with Gasteiger partial charge >= 0.3 is 11.9 Å². The summed E-state index contributed by atoms with van der Waals surface area (Å²) in [6.45, 7) is 0.530. The molecular weight excluding hydrogens is 232 g/mol. The molecule has 4 rings (SSSR count). The van der Waals surface area contributed by atoms with Gasteiger partial charge in [0.1, 0.15) is 13.2 Å². The largest absolute Gasteiger partial charge is 0.457 e. The van der Waals surface area contributed by atoms with Gasteiger partial charge in [-0.3, -0.25) is 0 Å². The normalized spacial score (nSPS) is 16.4. The van der Waals surface area contributed by atoms with Crippen molar-refractivity contribution in [1.29, 1.82) is 0 Å². The molecule has 2 heterocycles. The third kappa shape index (κ3) is 1.05. The van der Waals surface area contributed by atoms with E-state index in [9.17, 15) is 9.59 Å². The number of esters is 2. The highest BCUT2D eigenvalue weighted by Gasteiger charge is 2.28. The van der Waals surface area contributed by atoms with Crippen molar-refractivity contribution in [2.24, 2.45) is 0 Å². The van der Waals surface area contributed by atoms with Crippen LogP contribution in [-0.4, -0.2) is 11.9 Å². The zero-order valence-corrected chi connectivity index (χ0v) is 9.36. The summed E-state index contributed by atoms with van der Waals surface area (Å²) in [5, 5.41) is 1.69. The van der Waals surface area contributed by atoms with E-state index in [-0.39, 0.29) is 25.2 Å². The van der Waals surface area contributed by atoms with E-state index in [1.54, 1.807) is 12.1 Å². The van der Waals surface area contributed by atoms with Gasteiger partial charge in [0.15, 0.2) is 0 Å². The van der Waals surface area contributed by atoms with Crippen LogP contribution in [0, 0.1) is 0 Å². The van der Waals surface area contributed by atoms with E-state index in [1.165, 1.54) is 0 Å². The molecule has 2 aromatic carbocycles. The SMILES string of the molecule is O=C1OCc2ccc3c4c(ccc1c24)COC3=O. The number of carbonyl (C=O) groups is 2. The lowest BCUT2D eigenvalue weighted by Crippen LogP contribution is -2.18. The quantitative estimate of drug-likeness (QED) is 0.662. The van der Waals surface area contributed by atoms with E-state index in [1.807, 2.05) is 12.1 Å². The van der Waals surface area contributed by atoms with Gasteiger partial charge in [0.2, 0.25) is 0 Å². The number of cyclic esters (lactones) is 2. The first-order chi connectivity index (χ1) is 8.75. The number of benzene rings is 2. The molecule has 18 heavy (non-hydrogen) atoms. The topological polar surface area (TPSA) is 52.6 Å². The van der Waals surface area contributed by atoms with Crippen molar-refractivity contribution >= 4 is 22.7 Å². The maximum atomic E-state index is 11.7. The van der Waals surface area contributed by atoms with Crippen LogP contribution in [-0.2, 0) is 22.7 Å². The molecular formula is C14H8O4. The van der Waals surface area contributed by atoms with Crippen molar-refractivity contribution in [1.82, 2.24) is 0 Å². The zero-order valence-electron chi connectivity index (χ0n) is 9.36. The molecule has 0 saturated heterocycles. The molecule has 0 radical (unpaired) electrons. The average Bonchev–Trinajstić information content (AvgIpc) is 2.40. The van der Waals surface area contributed by atoms with E-state index in [2.05, 4.69) is 0 Å². The number of carbonyl (C=O) groups excluding carboxylic acids is 2. The van der Waals surface area contributed by atoms with Crippen molar-refractivity contribution in [3.63, 3.8) is 0 Å². The van der Waals surface area contributed by atoms with Crippen molar-refractivity contribution < 1.29 is 19.1 Å². The number of hydrogen-bond acceptors (Lipinski definition) is 4. The monoisotopic (exact) mass is 240 g/mol. The van der Waals surface area contributed by atoms with Crippen LogP contribution in [0.2, 0.25) is 0 Å². The van der Waals surface area contributed by atoms with Crippen molar-refractivity contribution in [3.8, 4) is 0 Å². The molecule has 0 saturated carbocycles. The highest BCUT2D eigenvalue weighted by atomic mass is 16.5. The molecule has 0 fully saturated rings. The average molecular weight is 240 g/mol. The number of ether oxygens (including phenoxy) is 2. The Morgan fingerprint density at radius 1 is 0.722 bits per heavy atom. The molecule has 0 atom stereocenters. The molecule has 0 aromatic heterocycles. The number of rotatable bonds is 0. The molecule has 4 nitrogen and oxygen atoms in total. The summed E-state index contributed by atoms with van der Waals surface area (Å²) >= 11 is 0. The van der Waals surface area contributed by atoms with Crippen molar-refractivity contribution in [2.75, 3.05) is 0 Å². The van der Waals surface area contributed by atoms with Crippen LogP contribution in [0.25, 0.3) is 10.8 Å². The summed E-state index contributed by atoms with van der Waals surface area (Å²) in [5.41, 5.74) is 2.96. The minimum atomic E-state index is -0.329. The molecule has 2 aliphatic rings. The zero-order chi connectivity index (χ0) is 12.3. The Morgan fingerprint density at radius 3 is 1.61 bits per heavy atom. The van der Waals surface area contributed by atoms with E-state index < -0.39 is 0 Å². The van der Waals surface area contributed by atoms with Gasteiger partial charge in [0.05, 0.1) is 11.1 Å². The fraction of sp³-hybridized carbons (Fsp3) is 0.143. The molecule has 0 amide bonds. The van der Waals surface area contributed by atoms with E-state index >= 15 is 0 Å². The first-order valence-corrected chi connectivity index (χ1v) is 5.67. The van der Waals surface area contributed by atoms with Crippen LogP contribution in [0.1, 0.15) is 31.8 Å². The molecule has 0 spiro atoms. The second kappa shape index (κ2) is 3.10. The Morgan fingerprint density at radius 2 is 1.17 bits per heavy atom. The van der Waals surface area contributed by atoms with Crippen LogP contribution in [0.4, 0.5) is 0 Å². The smallest absolute Gasteiger partial charge is 0.339 e. The van der Waals surface area contributed by atoms with Crippen LogP contribution in [0.15, 0.2) is 24.3 Å². The fourth-order valence-corrected chi connectivity index (χ4v) is 2.66. The highest BCUT2D eigenvalue weighted by Crippen LogP contribution is 2.36. The summed E-state index contributed by atoms with van der Waals surface area (Å²) in [6.07, 6.45) is 0. The van der Waals surface area contributed by atoms with E-state index in [0.29, 0.717) is 11.1 Å². The van der Waals surface area contributed by atoms with Gasteiger partial charge in [-0.05, 0) is 23.3 Å². The molecule has 0 N–H and O–H groups in total. The first kappa shape index (κ1) is 9.65. The summed E-state index contributed by atoms with van der Waals surface area (Å²) < 4.78 is 10.2. The van der Waals surface area contributed by atoms with Gasteiger partial charge in [-0.15, -0.1) is 0 Å². The maximum Gasteiger partial charge on any atom is 0.339 e. The maximum absolute atomic E-state index is 11.7. The van der Waals surface area contributed by atoms with Crippen LogP contribution in [0.5, 0.6) is 0 Å². The van der Waals surface area contributed by atoms with E-state index in [0.717, 1.165) is 21.9 Å². The summed E-state index contributed by atoms with van der Waals surface area (Å²) in [4.78, 5) is 23.5. The summed E-state index contributed by atoms with van der Waals surface area (Å²) in [7, 11) is 0. The lowest BCUT2D eigenvalue weighted by Gasteiger charge is -2.23. The third-order valence-corrected chi connectivity index (χ3v) is 3.49. The first-order valence-electron chi connectivity index (χ1n) is 5.67.